The first-order valence-corrected chi connectivity index (χ1v) is 10.1. The number of nitrogens with one attached hydrogen (secondary N) is 2. The van der Waals surface area contributed by atoms with Gasteiger partial charge >= 0.3 is 0 Å². The Morgan fingerprint density at radius 3 is 1.85 bits per heavy atom. The number of benzene rings is 2. The number of halogens is 2. The van der Waals surface area contributed by atoms with Crippen LogP contribution in [0.15, 0.2) is 47.4 Å². The van der Waals surface area contributed by atoms with Crippen molar-refractivity contribution in [2.45, 2.75) is 4.90 Å². The van der Waals surface area contributed by atoms with Gasteiger partial charge in [0.05, 0.1) is 14.9 Å². The summed E-state index contributed by atoms with van der Waals surface area (Å²) in [6.07, 6.45) is 1.10. The molecule has 0 atom stereocenters. The summed E-state index contributed by atoms with van der Waals surface area (Å²) < 4.78 is 22.8. The van der Waals surface area contributed by atoms with Gasteiger partial charge in [-0.15, -0.1) is 0 Å². The largest absolute Gasteiger partial charge is 0.350 e. The first kappa shape index (κ1) is 20.2. The van der Waals surface area contributed by atoms with Crippen molar-refractivity contribution in [1.29, 1.82) is 0 Å². The van der Waals surface area contributed by atoms with Crippen LogP contribution in [0.25, 0.3) is 0 Å². The van der Waals surface area contributed by atoms with Crippen molar-refractivity contribution in [3.8, 4) is 0 Å². The van der Waals surface area contributed by atoms with Crippen molar-refractivity contribution in [2.75, 3.05) is 19.3 Å². The number of hydrogen-bond acceptors (Lipinski definition) is 4. The van der Waals surface area contributed by atoms with Gasteiger partial charge in [-0.2, -0.15) is 0 Å². The normalized spacial score (nSPS) is 11.0. The van der Waals surface area contributed by atoms with Crippen molar-refractivity contribution in [3.05, 3.63) is 63.6 Å². The molecule has 0 saturated carbocycles. The summed E-state index contributed by atoms with van der Waals surface area (Å²) in [6, 6.07) is 10.1. The van der Waals surface area contributed by atoms with E-state index in [1.54, 1.807) is 6.07 Å². The smallest absolute Gasteiger partial charge is 0.251 e. The molecule has 0 saturated heterocycles. The van der Waals surface area contributed by atoms with E-state index in [2.05, 4.69) is 10.6 Å². The molecule has 2 N–H and O–H groups in total. The summed E-state index contributed by atoms with van der Waals surface area (Å²) in [4.78, 5) is 24.1. The van der Waals surface area contributed by atoms with Gasteiger partial charge in [-0.25, -0.2) is 8.42 Å². The molecule has 2 aromatic carbocycles. The Morgan fingerprint density at radius 2 is 1.35 bits per heavy atom. The van der Waals surface area contributed by atoms with E-state index in [9.17, 15) is 18.0 Å². The highest BCUT2D eigenvalue weighted by atomic mass is 35.5. The molecule has 0 unspecified atom stereocenters. The minimum Gasteiger partial charge on any atom is -0.350 e. The Bertz CT molecular complexity index is 928. The van der Waals surface area contributed by atoms with Gasteiger partial charge in [-0.05, 0) is 42.5 Å². The summed E-state index contributed by atoms with van der Waals surface area (Å²) in [6.45, 7) is 0.423. The second kappa shape index (κ2) is 8.53. The molecule has 0 heterocycles. The quantitative estimate of drug-likeness (QED) is 0.710. The number of sulfone groups is 1. The molecule has 2 aromatic rings. The highest BCUT2D eigenvalue weighted by Gasteiger charge is 2.10. The van der Waals surface area contributed by atoms with E-state index in [1.807, 2.05) is 0 Å². The molecule has 138 valence electrons. The molecule has 2 rings (SSSR count). The lowest BCUT2D eigenvalue weighted by Gasteiger charge is -2.08. The highest BCUT2D eigenvalue weighted by Crippen LogP contribution is 2.22. The van der Waals surface area contributed by atoms with Gasteiger partial charge in [0.1, 0.15) is 0 Å². The molecule has 0 aromatic heterocycles. The lowest BCUT2D eigenvalue weighted by molar-refractivity contribution is 0.0927. The SMILES string of the molecule is CS(=O)(=O)c1ccc(C(=O)NCCNC(=O)c2ccc(Cl)c(Cl)c2)cc1. The second-order valence-corrected chi connectivity index (χ2v) is 8.27. The Labute approximate surface area is 161 Å². The molecule has 0 spiro atoms. The molecule has 0 aliphatic heterocycles. The van der Waals surface area contributed by atoms with Gasteiger partial charge in [0.2, 0.25) is 0 Å². The van der Waals surface area contributed by atoms with Gasteiger partial charge in [0, 0.05) is 30.5 Å². The maximum absolute atomic E-state index is 12.0. The molecular weight excluding hydrogens is 399 g/mol. The number of rotatable bonds is 6. The predicted octanol–water partition coefficient (Wildman–Crippen LogP) is 2.56. The van der Waals surface area contributed by atoms with E-state index in [-0.39, 0.29) is 34.8 Å². The zero-order valence-corrected chi connectivity index (χ0v) is 16.1. The monoisotopic (exact) mass is 414 g/mol. The maximum Gasteiger partial charge on any atom is 0.251 e. The fraction of sp³-hybridized carbons (Fsp3) is 0.176. The van der Waals surface area contributed by atoms with Crippen molar-refractivity contribution < 1.29 is 18.0 Å². The molecule has 2 amide bonds. The fourth-order valence-corrected chi connectivity index (χ4v) is 2.98. The van der Waals surface area contributed by atoms with Gasteiger partial charge in [0.25, 0.3) is 11.8 Å². The van der Waals surface area contributed by atoms with Gasteiger partial charge in [-0.1, -0.05) is 23.2 Å². The van der Waals surface area contributed by atoms with Crippen LogP contribution in [0, 0.1) is 0 Å². The van der Waals surface area contributed by atoms with Crippen molar-refractivity contribution in [3.63, 3.8) is 0 Å². The van der Waals surface area contributed by atoms with E-state index in [0.29, 0.717) is 16.1 Å². The summed E-state index contributed by atoms with van der Waals surface area (Å²) >= 11 is 11.7. The minimum absolute atomic E-state index is 0.142. The molecule has 0 fully saturated rings. The Kier molecular flexibility index (Phi) is 6.63. The van der Waals surface area contributed by atoms with Crippen LogP contribution in [0.3, 0.4) is 0 Å². The van der Waals surface area contributed by atoms with Crippen LogP contribution in [0.4, 0.5) is 0 Å². The maximum atomic E-state index is 12.0. The summed E-state index contributed by atoms with van der Waals surface area (Å²) in [5, 5.41) is 5.92. The number of carbonyl (C=O) groups excluding carboxylic acids is 2. The fourth-order valence-electron chi connectivity index (χ4n) is 2.05. The van der Waals surface area contributed by atoms with Crippen LogP contribution in [0.5, 0.6) is 0 Å². The average Bonchev–Trinajstić information content (AvgIpc) is 2.60. The van der Waals surface area contributed by atoms with Crippen molar-refractivity contribution in [2.24, 2.45) is 0 Å². The van der Waals surface area contributed by atoms with E-state index < -0.39 is 9.84 Å². The second-order valence-electron chi connectivity index (χ2n) is 5.44. The van der Waals surface area contributed by atoms with E-state index in [0.717, 1.165) is 6.26 Å². The lowest BCUT2D eigenvalue weighted by Crippen LogP contribution is -2.34. The molecule has 0 aliphatic carbocycles. The van der Waals surface area contributed by atoms with Crippen LogP contribution in [0.2, 0.25) is 10.0 Å². The standard InChI is InChI=1S/C17H16Cl2N2O4S/c1-26(24,25)13-5-2-11(3-6-13)16(22)20-8-9-21-17(23)12-4-7-14(18)15(19)10-12/h2-7,10H,8-9H2,1H3,(H,20,22)(H,21,23). The molecule has 0 radical (unpaired) electrons. The van der Waals surface area contributed by atoms with Crippen LogP contribution in [-0.4, -0.2) is 39.6 Å². The zero-order valence-electron chi connectivity index (χ0n) is 13.8. The van der Waals surface area contributed by atoms with Crippen LogP contribution in [-0.2, 0) is 9.84 Å². The molecular formula is C17H16Cl2N2O4S. The first-order valence-electron chi connectivity index (χ1n) is 7.50. The van der Waals surface area contributed by atoms with Crippen LogP contribution < -0.4 is 10.6 Å². The molecule has 6 nitrogen and oxygen atoms in total. The molecule has 0 aliphatic rings. The third-order valence-electron chi connectivity index (χ3n) is 3.42. The van der Waals surface area contributed by atoms with E-state index in [1.165, 1.54) is 36.4 Å². The molecule has 0 bridgehead atoms. The third-order valence-corrected chi connectivity index (χ3v) is 5.29. The van der Waals surface area contributed by atoms with E-state index >= 15 is 0 Å². The topological polar surface area (TPSA) is 92.3 Å². The van der Waals surface area contributed by atoms with Gasteiger partial charge in [-0.3, -0.25) is 9.59 Å². The molecule has 9 heteroatoms. The van der Waals surface area contributed by atoms with Gasteiger partial charge < -0.3 is 10.6 Å². The Hall–Kier alpha value is -2.09. The number of carbonyl (C=O) groups is 2. The Morgan fingerprint density at radius 1 is 0.846 bits per heavy atom. The van der Waals surface area contributed by atoms with Crippen LogP contribution in [0.1, 0.15) is 20.7 Å². The number of hydrogen-bond donors (Lipinski definition) is 2. The zero-order chi connectivity index (χ0) is 19.3. The minimum atomic E-state index is -3.30. The Balaban J connectivity index is 1.83. The highest BCUT2D eigenvalue weighted by molar-refractivity contribution is 7.90. The average molecular weight is 415 g/mol. The first-order chi connectivity index (χ1) is 12.2. The summed E-state index contributed by atoms with van der Waals surface area (Å²) in [5.74, 6) is -0.704. The lowest BCUT2D eigenvalue weighted by atomic mass is 10.2. The summed E-state index contributed by atoms with van der Waals surface area (Å²) in [5.41, 5.74) is 0.690. The van der Waals surface area contributed by atoms with Crippen molar-refractivity contribution >= 4 is 44.9 Å². The van der Waals surface area contributed by atoms with Gasteiger partial charge in [0.15, 0.2) is 9.84 Å². The third kappa shape index (κ3) is 5.45. The van der Waals surface area contributed by atoms with Crippen LogP contribution >= 0.6 is 23.2 Å². The van der Waals surface area contributed by atoms with Crippen molar-refractivity contribution in [1.82, 2.24) is 10.6 Å². The predicted molar refractivity (Wildman–Crippen MR) is 101 cm³/mol. The molecule has 26 heavy (non-hydrogen) atoms. The summed E-state index contributed by atoms with van der Waals surface area (Å²) in [7, 11) is -3.30. The van der Waals surface area contributed by atoms with E-state index in [4.69, 9.17) is 23.2 Å². The number of amides is 2.